The third-order valence-electron chi connectivity index (χ3n) is 7.40. The number of hydrogen-bond donors (Lipinski definition) is 0. The number of ether oxygens (including phenoxy) is 1. The van der Waals surface area contributed by atoms with Gasteiger partial charge in [-0.15, -0.1) is 0 Å². The van der Waals surface area contributed by atoms with Crippen molar-refractivity contribution in [1.82, 2.24) is 9.80 Å². The van der Waals surface area contributed by atoms with Crippen LogP contribution in [0.5, 0.6) is 0 Å². The first kappa shape index (κ1) is 23.2. The first-order valence-corrected chi connectivity index (χ1v) is 11.8. The highest BCUT2D eigenvalue weighted by Crippen LogP contribution is 2.44. The molecule has 0 unspecified atom stereocenters. The lowest BCUT2D eigenvalue weighted by molar-refractivity contribution is -0.155. The van der Waals surface area contributed by atoms with Crippen LogP contribution in [0.2, 0.25) is 5.02 Å². The van der Waals surface area contributed by atoms with Gasteiger partial charge in [-0.3, -0.25) is 9.59 Å². The molecule has 0 saturated carbocycles. The van der Waals surface area contributed by atoms with Gasteiger partial charge >= 0.3 is 0 Å². The molecule has 174 valence electrons. The molecule has 3 fully saturated rings. The van der Waals surface area contributed by atoms with Gasteiger partial charge in [0.1, 0.15) is 5.67 Å². The minimum absolute atomic E-state index is 0.0182. The van der Waals surface area contributed by atoms with E-state index in [2.05, 4.69) is 6.58 Å². The third kappa shape index (κ3) is 4.44. The quantitative estimate of drug-likeness (QED) is 0.630. The number of nitrogens with zero attached hydrogens (tertiary/aromatic N) is 2. The number of benzene rings is 1. The summed E-state index contributed by atoms with van der Waals surface area (Å²) in [5.41, 5.74) is -0.693. The predicted octanol–water partition coefficient (Wildman–Crippen LogP) is 4.21. The highest BCUT2D eigenvalue weighted by Gasteiger charge is 2.52. The average molecular weight is 463 g/mol. The topological polar surface area (TPSA) is 49.9 Å². The van der Waals surface area contributed by atoms with E-state index in [0.29, 0.717) is 44.0 Å². The van der Waals surface area contributed by atoms with Gasteiger partial charge in [0.2, 0.25) is 11.8 Å². The predicted molar refractivity (Wildman–Crippen MR) is 122 cm³/mol. The standard InChI is InChI=1S/C25H32ClFN2O3/c1-4-22(30)29-15-25(27,16-29)17-9-11-28(12-10-17)23(31)20-14-32-24(2,3)13-19(20)18-7-5-6-8-21(18)26/h4-8,17,19-20H,1,9-16H2,2-3H3/t19-,20+/m1/s1. The van der Waals surface area contributed by atoms with Gasteiger partial charge in [-0.05, 0) is 56.7 Å². The maximum absolute atomic E-state index is 15.3. The molecule has 3 saturated heterocycles. The van der Waals surface area contributed by atoms with E-state index in [-0.39, 0.29) is 48.3 Å². The lowest BCUT2D eigenvalue weighted by atomic mass is 9.75. The minimum Gasteiger partial charge on any atom is -0.375 e. The lowest BCUT2D eigenvalue weighted by Crippen LogP contribution is -2.65. The van der Waals surface area contributed by atoms with Crippen molar-refractivity contribution in [2.75, 3.05) is 32.8 Å². The fraction of sp³-hybridized carbons (Fsp3) is 0.600. The zero-order valence-electron chi connectivity index (χ0n) is 18.9. The van der Waals surface area contributed by atoms with Crippen molar-refractivity contribution in [2.24, 2.45) is 11.8 Å². The Bertz CT molecular complexity index is 891. The van der Waals surface area contributed by atoms with E-state index in [9.17, 15) is 9.59 Å². The second kappa shape index (κ2) is 8.79. The van der Waals surface area contributed by atoms with E-state index in [4.69, 9.17) is 16.3 Å². The summed E-state index contributed by atoms with van der Waals surface area (Å²) in [5.74, 6) is -0.620. The number of carbonyl (C=O) groups excluding carboxylic acids is 2. The number of alkyl halides is 1. The molecule has 1 aromatic rings. The maximum atomic E-state index is 15.3. The molecule has 5 nitrogen and oxygen atoms in total. The molecule has 3 heterocycles. The number of hydrogen-bond acceptors (Lipinski definition) is 3. The van der Waals surface area contributed by atoms with E-state index in [0.717, 1.165) is 5.56 Å². The van der Waals surface area contributed by atoms with E-state index in [1.54, 1.807) is 0 Å². The van der Waals surface area contributed by atoms with Crippen molar-refractivity contribution >= 4 is 23.4 Å². The Balaban J connectivity index is 1.41. The molecule has 0 N–H and O–H groups in total. The van der Waals surface area contributed by atoms with E-state index < -0.39 is 5.67 Å². The van der Waals surface area contributed by atoms with Gasteiger partial charge in [0, 0.05) is 24.0 Å². The molecule has 2 atom stereocenters. The van der Waals surface area contributed by atoms with Crippen LogP contribution in [0.3, 0.4) is 0 Å². The Morgan fingerprint density at radius 3 is 2.47 bits per heavy atom. The molecule has 3 aliphatic heterocycles. The number of likely N-dealkylation sites (tertiary alicyclic amines) is 2. The molecule has 2 amide bonds. The number of piperidine rings is 1. The van der Waals surface area contributed by atoms with E-state index in [1.165, 1.54) is 11.0 Å². The SMILES string of the molecule is C=CC(=O)N1CC(F)(C2CCN(C(=O)[C@H]3COC(C)(C)C[C@@H]3c3ccccc3Cl)CC2)C1. The lowest BCUT2D eigenvalue weighted by Gasteiger charge is -2.50. The van der Waals surface area contributed by atoms with Crippen LogP contribution in [0.25, 0.3) is 0 Å². The van der Waals surface area contributed by atoms with E-state index >= 15 is 4.39 Å². The van der Waals surface area contributed by atoms with Crippen molar-refractivity contribution in [3.63, 3.8) is 0 Å². The second-order valence-electron chi connectivity index (χ2n) is 10.0. The van der Waals surface area contributed by atoms with Crippen molar-refractivity contribution < 1.29 is 18.7 Å². The summed E-state index contributed by atoms with van der Waals surface area (Å²) in [4.78, 5) is 28.5. The van der Waals surface area contributed by atoms with Crippen LogP contribution in [0, 0.1) is 11.8 Å². The molecular weight excluding hydrogens is 431 g/mol. The summed E-state index contributed by atoms with van der Waals surface area (Å²) in [6.45, 7) is 9.20. The Morgan fingerprint density at radius 1 is 1.19 bits per heavy atom. The zero-order chi connectivity index (χ0) is 23.1. The number of halogens is 2. The van der Waals surface area contributed by atoms with Gasteiger partial charge in [0.15, 0.2) is 0 Å². The van der Waals surface area contributed by atoms with Gasteiger partial charge in [0.25, 0.3) is 0 Å². The third-order valence-corrected chi connectivity index (χ3v) is 7.75. The molecule has 0 spiro atoms. The molecule has 4 rings (SSSR count). The van der Waals surface area contributed by atoms with Crippen LogP contribution in [-0.2, 0) is 14.3 Å². The molecule has 3 aliphatic rings. The van der Waals surface area contributed by atoms with Crippen molar-refractivity contribution in [3.05, 3.63) is 47.5 Å². The molecule has 32 heavy (non-hydrogen) atoms. The van der Waals surface area contributed by atoms with Crippen LogP contribution in [0.15, 0.2) is 36.9 Å². The van der Waals surface area contributed by atoms with Crippen molar-refractivity contribution in [1.29, 1.82) is 0 Å². The Morgan fingerprint density at radius 2 is 1.84 bits per heavy atom. The molecule has 1 aromatic carbocycles. The van der Waals surface area contributed by atoms with Gasteiger partial charge in [-0.25, -0.2) is 4.39 Å². The van der Waals surface area contributed by atoms with Crippen LogP contribution in [0.1, 0.15) is 44.6 Å². The molecule has 0 aromatic heterocycles. The van der Waals surface area contributed by atoms with Crippen LogP contribution in [0.4, 0.5) is 4.39 Å². The Labute approximate surface area is 194 Å². The zero-order valence-corrected chi connectivity index (χ0v) is 19.6. The van der Waals surface area contributed by atoms with Gasteiger partial charge < -0.3 is 14.5 Å². The minimum atomic E-state index is -1.36. The average Bonchev–Trinajstić information content (AvgIpc) is 2.76. The summed E-state index contributed by atoms with van der Waals surface area (Å²) in [7, 11) is 0. The fourth-order valence-electron chi connectivity index (χ4n) is 5.49. The van der Waals surface area contributed by atoms with Gasteiger partial charge in [-0.2, -0.15) is 0 Å². The van der Waals surface area contributed by atoms with Gasteiger partial charge in [-0.1, -0.05) is 36.4 Å². The van der Waals surface area contributed by atoms with Crippen LogP contribution < -0.4 is 0 Å². The smallest absolute Gasteiger partial charge is 0.246 e. The molecule has 0 radical (unpaired) electrons. The molecular formula is C25H32ClFN2O3. The van der Waals surface area contributed by atoms with Gasteiger partial charge in [0.05, 0.1) is 31.2 Å². The first-order chi connectivity index (χ1) is 15.1. The van der Waals surface area contributed by atoms with Crippen LogP contribution >= 0.6 is 11.6 Å². The summed E-state index contributed by atoms with van der Waals surface area (Å²) in [6.07, 6.45) is 3.15. The maximum Gasteiger partial charge on any atom is 0.246 e. The summed E-state index contributed by atoms with van der Waals surface area (Å²) in [6, 6.07) is 7.72. The Kier molecular flexibility index (Phi) is 6.38. The summed E-state index contributed by atoms with van der Waals surface area (Å²) < 4.78 is 21.3. The van der Waals surface area contributed by atoms with Crippen LogP contribution in [-0.4, -0.2) is 65.7 Å². The van der Waals surface area contributed by atoms with E-state index in [1.807, 2.05) is 43.0 Å². The molecule has 7 heteroatoms. The summed E-state index contributed by atoms with van der Waals surface area (Å²) >= 11 is 6.50. The highest BCUT2D eigenvalue weighted by atomic mass is 35.5. The Hall–Kier alpha value is -1.92. The largest absolute Gasteiger partial charge is 0.375 e. The number of rotatable bonds is 4. The molecule has 0 bridgehead atoms. The summed E-state index contributed by atoms with van der Waals surface area (Å²) in [5, 5.41) is 0.676. The normalized spacial score (nSPS) is 27.5. The monoisotopic (exact) mass is 462 g/mol. The number of carbonyl (C=O) groups is 2. The number of amides is 2. The first-order valence-electron chi connectivity index (χ1n) is 11.4. The molecule has 0 aliphatic carbocycles. The highest BCUT2D eigenvalue weighted by molar-refractivity contribution is 6.31. The van der Waals surface area contributed by atoms with Crippen molar-refractivity contribution in [3.8, 4) is 0 Å². The second-order valence-corrected chi connectivity index (χ2v) is 10.4. The fourth-order valence-corrected chi connectivity index (χ4v) is 5.77. The van der Waals surface area contributed by atoms with Crippen molar-refractivity contribution in [2.45, 2.75) is 50.3 Å².